The van der Waals surface area contributed by atoms with Gasteiger partial charge in [0.1, 0.15) is 0 Å². The summed E-state index contributed by atoms with van der Waals surface area (Å²) in [5.41, 5.74) is -1.22. The standard InChI is InChI=1S/C6H15O4P.Na.H/c1-4-9-6(3,10-5-2)11(7)8;;/h7-8H,4-5H2,1-3H3;;/q;+1;-1. The van der Waals surface area contributed by atoms with Gasteiger partial charge in [-0.15, -0.1) is 0 Å². The van der Waals surface area contributed by atoms with Crippen molar-refractivity contribution in [1.82, 2.24) is 0 Å². The van der Waals surface area contributed by atoms with Crippen LogP contribution >= 0.6 is 8.38 Å². The number of hydrogen-bond donors (Lipinski definition) is 2. The zero-order valence-electron chi connectivity index (χ0n) is 9.07. The maximum absolute atomic E-state index is 8.90. The van der Waals surface area contributed by atoms with Crippen molar-refractivity contribution < 1.29 is 50.2 Å². The summed E-state index contributed by atoms with van der Waals surface area (Å²) in [7, 11) is -2.20. The van der Waals surface area contributed by atoms with Crippen LogP contribution in [0.2, 0.25) is 0 Å². The van der Waals surface area contributed by atoms with E-state index >= 15 is 0 Å². The topological polar surface area (TPSA) is 58.9 Å². The van der Waals surface area contributed by atoms with Crippen molar-refractivity contribution in [1.29, 1.82) is 0 Å². The van der Waals surface area contributed by atoms with E-state index in [2.05, 4.69) is 0 Å². The summed E-state index contributed by atoms with van der Waals surface area (Å²) in [5.74, 6) is 0. The van der Waals surface area contributed by atoms with Crippen LogP contribution in [-0.2, 0) is 9.47 Å². The number of rotatable bonds is 5. The average molecular weight is 206 g/mol. The van der Waals surface area contributed by atoms with Crippen LogP contribution in [0.15, 0.2) is 0 Å². The fourth-order valence-corrected chi connectivity index (χ4v) is 1.18. The van der Waals surface area contributed by atoms with Crippen molar-refractivity contribution >= 4 is 8.38 Å². The Bertz CT molecular complexity index is 111. The van der Waals surface area contributed by atoms with Crippen LogP contribution in [0, 0.1) is 0 Å². The van der Waals surface area contributed by atoms with E-state index in [4.69, 9.17) is 19.3 Å². The normalized spacial score (nSPS) is 11.5. The van der Waals surface area contributed by atoms with Gasteiger partial charge < -0.3 is 20.7 Å². The number of hydrogen-bond acceptors (Lipinski definition) is 4. The molecule has 0 radical (unpaired) electrons. The number of ether oxygens (including phenoxy) is 2. The van der Waals surface area contributed by atoms with Crippen LogP contribution in [0.4, 0.5) is 0 Å². The fraction of sp³-hybridized carbons (Fsp3) is 1.00. The van der Waals surface area contributed by atoms with Gasteiger partial charge in [-0.05, 0) is 20.8 Å². The molecular formula is C6H16NaO4P. The second-order valence-electron chi connectivity index (χ2n) is 2.05. The molecule has 0 aliphatic heterocycles. The smallest absolute Gasteiger partial charge is 1.00 e. The molecule has 0 saturated carbocycles. The van der Waals surface area contributed by atoms with Crippen molar-refractivity contribution in [3.8, 4) is 0 Å². The van der Waals surface area contributed by atoms with Crippen LogP contribution in [0.1, 0.15) is 22.2 Å². The summed E-state index contributed by atoms with van der Waals surface area (Å²) >= 11 is 0. The summed E-state index contributed by atoms with van der Waals surface area (Å²) < 4.78 is 10.1. The van der Waals surface area contributed by atoms with Gasteiger partial charge >= 0.3 is 29.6 Å². The molecule has 12 heavy (non-hydrogen) atoms. The van der Waals surface area contributed by atoms with Crippen molar-refractivity contribution in [3.63, 3.8) is 0 Å². The Morgan fingerprint density at radius 1 is 1.25 bits per heavy atom. The molecule has 6 heteroatoms. The van der Waals surface area contributed by atoms with Gasteiger partial charge in [-0.25, -0.2) is 0 Å². The van der Waals surface area contributed by atoms with E-state index < -0.39 is 13.9 Å². The molecular weight excluding hydrogens is 190 g/mol. The maximum Gasteiger partial charge on any atom is 1.00 e. The summed E-state index contributed by atoms with van der Waals surface area (Å²) in [6, 6.07) is 0. The Balaban J connectivity index is -0.000000500. The molecule has 0 amide bonds. The molecule has 0 aromatic heterocycles. The minimum absolute atomic E-state index is 0. The van der Waals surface area contributed by atoms with Crippen molar-refractivity contribution in [2.75, 3.05) is 13.2 Å². The van der Waals surface area contributed by atoms with Gasteiger partial charge in [0.2, 0.25) is 13.9 Å². The predicted molar refractivity (Wildman–Crippen MR) is 44.1 cm³/mol. The molecule has 0 aliphatic carbocycles. The Morgan fingerprint density at radius 2 is 1.58 bits per heavy atom. The molecule has 0 spiro atoms. The third kappa shape index (κ3) is 5.10. The first-order chi connectivity index (χ1) is 5.06. The molecule has 0 bridgehead atoms. The second kappa shape index (κ2) is 7.65. The van der Waals surface area contributed by atoms with E-state index in [-0.39, 0.29) is 31.0 Å². The van der Waals surface area contributed by atoms with Gasteiger partial charge in [0.05, 0.1) is 0 Å². The average Bonchev–Trinajstić information content (AvgIpc) is 1.88. The zero-order valence-corrected chi connectivity index (χ0v) is 11.0. The van der Waals surface area contributed by atoms with Crippen molar-refractivity contribution in [2.24, 2.45) is 0 Å². The van der Waals surface area contributed by atoms with Crippen LogP contribution in [0.5, 0.6) is 0 Å². The van der Waals surface area contributed by atoms with E-state index in [1.54, 1.807) is 13.8 Å². The van der Waals surface area contributed by atoms with E-state index in [9.17, 15) is 0 Å². The summed E-state index contributed by atoms with van der Waals surface area (Å²) in [6.45, 7) is 5.87. The molecule has 70 valence electrons. The zero-order chi connectivity index (χ0) is 8.91. The molecule has 0 unspecified atom stereocenters. The maximum atomic E-state index is 8.90. The van der Waals surface area contributed by atoms with Crippen LogP contribution in [0.25, 0.3) is 0 Å². The minimum atomic E-state index is -2.20. The molecule has 0 heterocycles. The summed E-state index contributed by atoms with van der Waals surface area (Å²) in [4.78, 5) is 17.8. The van der Waals surface area contributed by atoms with Gasteiger partial charge in [0, 0.05) is 13.2 Å². The van der Waals surface area contributed by atoms with Gasteiger partial charge in [-0.3, -0.25) is 0 Å². The van der Waals surface area contributed by atoms with Gasteiger partial charge in [-0.2, -0.15) is 0 Å². The van der Waals surface area contributed by atoms with Gasteiger partial charge in [0.25, 0.3) is 0 Å². The molecule has 0 saturated heterocycles. The molecule has 0 aromatic rings. The van der Waals surface area contributed by atoms with Crippen molar-refractivity contribution in [2.45, 2.75) is 26.3 Å². The third-order valence-corrected chi connectivity index (χ3v) is 2.17. The molecule has 0 aromatic carbocycles. The third-order valence-electron chi connectivity index (χ3n) is 1.19. The van der Waals surface area contributed by atoms with Crippen molar-refractivity contribution in [3.05, 3.63) is 0 Å². The Kier molecular flexibility index (Phi) is 10.0. The SMILES string of the molecule is CCOC(C)(OCC)P(O)O.[H-].[Na+]. The first kappa shape index (κ1) is 15.7. The molecule has 0 fully saturated rings. The first-order valence-electron chi connectivity index (χ1n) is 3.52. The van der Waals surface area contributed by atoms with Crippen LogP contribution in [-0.4, -0.2) is 28.5 Å². The van der Waals surface area contributed by atoms with E-state index in [0.717, 1.165) is 0 Å². The molecule has 2 N–H and O–H groups in total. The second-order valence-corrected chi connectivity index (χ2v) is 3.44. The molecule has 0 rings (SSSR count). The summed E-state index contributed by atoms with van der Waals surface area (Å²) in [6.07, 6.45) is 0. The Morgan fingerprint density at radius 3 is 1.75 bits per heavy atom. The van der Waals surface area contributed by atoms with E-state index in [1.165, 1.54) is 6.92 Å². The predicted octanol–water partition coefficient (Wildman–Crippen LogP) is -1.85. The Hall–Kier alpha value is 1.27. The van der Waals surface area contributed by atoms with Crippen LogP contribution < -0.4 is 29.6 Å². The quantitative estimate of drug-likeness (QED) is 0.315. The van der Waals surface area contributed by atoms with E-state index in [1.807, 2.05) is 0 Å². The fourth-order valence-electron chi connectivity index (χ4n) is 0.693. The monoisotopic (exact) mass is 206 g/mol. The largest absolute Gasteiger partial charge is 1.00 e. The Labute approximate surface area is 98.0 Å². The molecule has 4 nitrogen and oxygen atoms in total. The van der Waals surface area contributed by atoms with Crippen LogP contribution in [0.3, 0.4) is 0 Å². The van der Waals surface area contributed by atoms with Gasteiger partial charge in [-0.1, -0.05) is 0 Å². The van der Waals surface area contributed by atoms with E-state index in [0.29, 0.717) is 13.2 Å². The minimum Gasteiger partial charge on any atom is -1.00 e. The molecule has 0 aliphatic rings. The summed E-state index contributed by atoms with van der Waals surface area (Å²) in [5, 5.41) is 0. The van der Waals surface area contributed by atoms with Gasteiger partial charge in [0.15, 0.2) is 0 Å². The molecule has 0 atom stereocenters. The first-order valence-corrected chi connectivity index (χ1v) is 4.77.